The van der Waals surface area contributed by atoms with Crippen LogP contribution in [0.5, 0.6) is 0 Å². The molecule has 0 aromatic heterocycles. The topological polar surface area (TPSA) is 18.5 Å². The predicted molar refractivity (Wildman–Crippen MR) is 91.3 cm³/mol. The predicted octanol–water partition coefficient (Wildman–Crippen LogP) is 3.57. The molecule has 2 aliphatic rings. The van der Waals surface area contributed by atoms with Crippen molar-refractivity contribution in [2.24, 2.45) is 0 Å². The Kier molecular flexibility index (Phi) is 5.02. The van der Waals surface area contributed by atoms with Crippen molar-refractivity contribution in [2.75, 3.05) is 43.4 Å². The highest BCUT2D eigenvalue weighted by atomic mass is 15.1. The normalized spacial score (nSPS) is 23.5. The van der Waals surface area contributed by atoms with Gasteiger partial charge >= 0.3 is 0 Å². The minimum absolute atomic E-state index is 0.773. The van der Waals surface area contributed by atoms with E-state index in [1.165, 1.54) is 69.5 Å². The number of rotatable bonds is 5. The third kappa shape index (κ3) is 3.91. The van der Waals surface area contributed by atoms with E-state index in [0.29, 0.717) is 0 Å². The molecule has 21 heavy (non-hydrogen) atoms. The van der Waals surface area contributed by atoms with Gasteiger partial charge in [-0.2, -0.15) is 0 Å². The number of hydrogen-bond donors (Lipinski definition) is 1. The third-order valence-electron chi connectivity index (χ3n) is 5.07. The lowest BCUT2D eigenvalue weighted by Crippen LogP contribution is -2.37. The van der Waals surface area contributed by atoms with Gasteiger partial charge in [0.15, 0.2) is 0 Å². The summed E-state index contributed by atoms with van der Waals surface area (Å²) in [5, 5.41) is 3.59. The van der Waals surface area contributed by atoms with E-state index < -0.39 is 0 Å². The number of hydrogen-bond acceptors (Lipinski definition) is 3. The maximum atomic E-state index is 3.59. The van der Waals surface area contributed by atoms with Crippen molar-refractivity contribution < 1.29 is 0 Å². The van der Waals surface area contributed by atoms with Crippen molar-refractivity contribution in [1.29, 1.82) is 0 Å². The molecule has 0 radical (unpaired) electrons. The van der Waals surface area contributed by atoms with Crippen LogP contribution >= 0.6 is 0 Å². The molecular weight excluding hydrogens is 258 g/mol. The molecule has 3 nitrogen and oxygen atoms in total. The molecule has 3 heteroatoms. The number of nitrogens with zero attached hydrogens (tertiary/aromatic N) is 2. The van der Waals surface area contributed by atoms with Crippen LogP contribution in [0.15, 0.2) is 24.3 Å². The second kappa shape index (κ2) is 7.17. The van der Waals surface area contributed by atoms with Crippen molar-refractivity contribution in [3.05, 3.63) is 24.3 Å². The van der Waals surface area contributed by atoms with Crippen molar-refractivity contribution in [2.45, 2.75) is 44.6 Å². The fourth-order valence-corrected chi connectivity index (χ4v) is 3.66. The van der Waals surface area contributed by atoms with Gasteiger partial charge in [0.2, 0.25) is 0 Å². The molecule has 2 saturated heterocycles. The average molecular weight is 287 g/mol. The zero-order chi connectivity index (χ0) is 14.5. The van der Waals surface area contributed by atoms with Gasteiger partial charge in [0.05, 0.1) is 0 Å². The second-order valence-corrected chi connectivity index (χ2v) is 6.59. The molecule has 2 fully saturated rings. The molecule has 0 saturated carbocycles. The number of piperidine rings is 1. The number of likely N-dealkylation sites (tertiary alicyclic amines) is 1. The Morgan fingerprint density at radius 3 is 2.43 bits per heavy atom. The fourth-order valence-electron chi connectivity index (χ4n) is 3.66. The summed E-state index contributed by atoms with van der Waals surface area (Å²) < 4.78 is 0. The van der Waals surface area contributed by atoms with E-state index in [4.69, 9.17) is 0 Å². The van der Waals surface area contributed by atoms with Crippen LogP contribution in [0.1, 0.15) is 38.5 Å². The minimum Gasteiger partial charge on any atom is -0.385 e. The maximum Gasteiger partial charge on any atom is 0.0367 e. The standard InChI is InChI=1S/C18H29N3/c1-20-13-3-2-6-17(20)11-12-19-16-7-9-18(10-8-16)21-14-4-5-15-21/h7-10,17,19H,2-6,11-15H2,1H3. The van der Waals surface area contributed by atoms with Crippen molar-refractivity contribution in [3.63, 3.8) is 0 Å². The zero-order valence-electron chi connectivity index (χ0n) is 13.4. The molecule has 0 amide bonds. The largest absolute Gasteiger partial charge is 0.385 e. The third-order valence-corrected chi connectivity index (χ3v) is 5.07. The smallest absolute Gasteiger partial charge is 0.0367 e. The number of benzene rings is 1. The maximum absolute atomic E-state index is 3.59. The van der Waals surface area contributed by atoms with Crippen LogP contribution in [-0.2, 0) is 0 Å². The van der Waals surface area contributed by atoms with Crippen LogP contribution in [0.2, 0.25) is 0 Å². The highest BCUT2D eigenvalue weighted by molar-refractivity contribution is 5.55. The molecule has 1 N–H and O–H groups in total. The van der Waals surface area contributed by atoms with Crippen LogP contribution in [0.3, 0.4) is 0 Å². The SMILES string of the molecule is CN1CCCCC1CCNc1ccc(N2CCCC2)cc1. The lowest BCUT2D eigenvalue weighted by Gasteiger charge is -2.32. The van der Waals surface area contributed by atoms with E-state index in [1.54, 1.807) is 0 Å². The van der Waals surface area contributed by atoms with E-state index in [9.17, 15) is 0 Å². The molecule has 2 aliphatic heterocycles. The molecule has 2 heterocycles. The van der Waals surface area contributed by atoms with Gasteiger partial charge < -0.3 is 15.1 Å². The first-order valence-electron chi connectivity index (χ1n) is 8.62. The van der Waals surface area contributed by atoms with E-state index >= 15 is 0 Å². The van der Waals surface area contributed by atoms with E-state index in [2.05, 4.69) is 46.4 Å². The molecule has 0 bridgehead atoms. The first-order valence-corrected chi connectivity index (χ1v) is 8.62. The summed E-state index contributed by atoms with van der Waals surface area (Å²) in [5.41, 5.74) is 2.64. The molecule has 116 valence electrons. The summed E-state index contributed by atoms with van der Waals surface area (Å²) in [7, 11) is 2.27. The van der Waals surface area contributed by atoms with Crippen LogP contribution in [0.25, 0.3) is 0 Å². The molecule has 0 aliphatic carbocycles. The summed E-state index contributed by atoms with van der Waals surface area (Å²) >= 11 is 0. The summed E-state index contributed by atoms with van der Waals surface area (Å²) in [6, 6.07) is 9.77. The zero-order valence-corrected chi connectivity index (χ0v) is 13.4. The highest BCUT2D eigenvalue weighted by Gasteiger charge is 2.18. The molecule has 1 aromatic rings. The minimum atomic E-state index is 0.773. The second-order valence-electron chi connectivity index (χ2n) is 6.59. The first-order chi connectivity index (χ1) is 10.3. The van der Waals surface area contributed by atoms with E-state index in [0.717, 1.165) is 12.6 Å². The lowest BCUT2D eigenvalue weighted by atomic mass is 10.0. The summed E-state index contributed by atoms with van der Waals surface area (Å²) in [6.45, 7) is 4.80. The molecular formula is C18H29N3. The average Bonchev–Trinajstić information content (AvgIpc) is 3.04. The monoisotopic (exact) mass is 287 g/mol. The Morgan fingerprint density at radius 1 is 1.00 bits per heavy atom. The fraction of sp³-hybridized carbons (Fsp3) is 0.667. The molecule has 0 spiro atoms. The molecule has 1 aromatic carbocycles. The Balaban J connectivity index is 1.44. The summed E-state index contributed by atoms with van der Waals surface area (Å²) in [4.78, 5) is 5.02. The van der Waals surface area contributed by atoms with Gasteiger partial charge in [-0.1, -0.05) is 6.42 Å². The van der Waals surface area contributed by atoms with Crippen LogP contribution in [0.4, 0.5) is 11.4 Å². The van der Waals surface area contributed by atoms with Gasteiger partial charge in [0, 0.05) is 37.1 Å². The van der Waals surface area contributed by atoms with E-state index in [1.807, 2.05) is 0 Å². The van der Waals surface area contributed by atoms with Crippen LogP contribution < -0.4 is 10.2 Å². The Hall–Kier alpha value is -1.22. The summed E-state index contributed by atoms with van der Waals surface area (Å²) in [6.07, 6.45) is 8.08. The summed E-state index contributed by atoms with van der Waals surface area (Å²) in [5.74, 6) is 0. The quantitative estimate of drug-likeness (QED) is 0.893. The van der Waals surface area contributed by atoms with Gasteiger partial charge in [0.25, 0.3) is 0 Å². The Morgan fingerprint density at radius 2 is 1.71 bits per heavy atom. The van der Waals surface area contributed by atoms with Crippen molar-refractivity contribution in [3.8, 4) is 0 Å². The Bertz CT molecular complexity index is 423. The van der Waals surface area contributed by atoms with E-state index in [-0.39, 0.29) is 0 Å². The number of nitrogens with one attached hydrogen (secondary N) is 1. The van der Waals surface area contributed by atoms with Crippen LogP contribution in [0, 0.1) is 0 Å². The van der Waals surface area contributed by atoms with Crippen LogP contribution in [-0.4, -0.2) is 44.2 Å². The molecule has 3 rings (SSSR count). The Labute approximate surface area is 129 Å². The highest BCUT2D eigenvalue weighted by Crippen LogP contribution is 2.22. The van der Waals surface area contributed by atoms with Crippen molar-refractivity contribution in [1.82, 2.24) is 4.90 Å². The molecule has 1 unspecified atom stereocenters. The van der Waals surface area contributed by atoms with Gasteiger partial charge in [-0.3, -0.25) is 0 Å². The first kappa shape index (κ1) is 14.7. The lowest BCUT2D eigenvalue weighted by molar-refractivity contribution is 0.179. The van der Waals surface area contributed by atoms with Gasteiger partial charge in [-0.25, -0.2) is 0 Å². The number of anilines is 2. The van der Waals surface area contributed by atoms with Gasteiger partial charge in [-0.15, -0.1) is 0 Å². The van der Waals surface area contributed by atoms with Crippen molar-refractivity contribution >= 4 is 11.4 Å². The molecule has 1 atom stereocenters. The van der Waals surface area contributed by atoms with Gasteiger partial charge in [0.1, 0.15) is 0 Å². The van der Waals surface area contributed by atoms with Gasteiger partial charge in [-0.05, 0) is 70.0 Å².